The van der Waals surface area contributed by atoms with Gasteiger partial charge >= 0.3 is 5.97 Å². The molecule has 0 aromatic heterocycles. The predicted octanol–water partition coefficient (Wildman–Crippen LogP) is 2.70. The maximum Gasteiger partial charge on any atom is 0.311 e. The van der Waals surface area contributed by atoms with Gasteiger partial charge in [0, 0.05) is 17.5 Å². The molecular weight excluding hydrogens is 294 g/mol. The van der Waals surface area contributed by atoms with Crippen LogP contribution in [0.15, 0.2) is 42.5 Å². The van der Waals surface area contributed by atoms with Crippen molar-refractivity contribution in [1.82, 2.24) is 0 Å². The summed E-state index contributed by atoms with van der Waals surface area (Å²) in [7, 11) is 0. The average molecular weight is 307 g/mol. The van der Waals surface area contributed by atoms with Gasteiger partial charge in [-0.1, -0.05) is 18.2 Å². The summed E-state index contributed by atoms with van der Waals surface area (Å²) in [6.45, 7) is 0.360. The highest BCUT2D eigenvalue weighted by atomic mass is 16.5. The Balaban J connectivity index is 1.46. The zero-order valence-corrected chi connectivity index (χ0v) is 12.1. The van der Waals surface area contributed by atoms with Crippen molar-refractivity contribution in [1.29, 1.82) is 5.26 Å². The molecule has 23 heavy (non-hydrogen) atoms. The number of nitrogens with zero attached hydrogens (tertiary/aromatic N) is 1. The molecule has 0 bridgehead atoms. The molecule has 1 N–H and O–H groups in total. The second kappa shape index (κ2) is 5.03. The number of hydrogen-bond acceptors (Lipinski definition) is 4. The van der Waals surface area contributed by atoms with E-state index in [9.17, 15) is 4.79 Å². The fourth-order valence-corrected chi connectivity index (χ4v) is 3.12. The molecule has 2 aromatic rings. The zero-order chi connectivity index (χ0) is 16.0. The summed E-state index contributed by atoms with van der Waals surface area (Å²) < 4.78 is 11.4. The second-order valence-corrected chi connectivity index (χ2v) is 5.77. The highest BCUT2D eigenvalue weighted by Crippen LogP contribution is 2.58. The van der Waals surface area contributed by atoms with Gasteiger partial charge in [-0.2, -0.15) is 5.26 Å². The number of nitriles is 1. The fourth-order valence-electron chi connectivity index (χ4n) is 3.12. The van der Waals surface area contributed by atoms with E-state index in [0.29, 0.717) is 23.7 Å². The predicted molar refractivity (Wildman–Crippen MR) is 80.2 cm³/mol. The van der Waals surface area contributed by atoms with Crippen molar-refractivity contribution in [2.24, 2.45) is 5.92 Å². The Morgan fingerprint density at radius 3 is 2.96 bits per heavy atom. The number of ether oxygens (including phenoxy) is 2. The van der Waals surface area contributed by atoms with E-state index in [1.807, 2.05) is 24.3 Å². The fraction of sp³-hybridized carbons (Fsp3) is 0.222. The van der Waals surface area contributed by atoms with Gasteiger partial charge < -0.3 is 14.6 Å². The largest absolute Gasteiger partial charge is 0.489 e. The highest BCUT2D eigenvalue weighted by molar-refractivity contribution is 5.79. The van der Waals surface area contributed by atoms with Crippen LogP contribution >= 0.6 is 0 Å². The van der Waals surface area contributed by atoms with Crippen molar-refractivity contribution in [2.75, 3.05) is 0 Å². The first kappa shape index (κ1) is 13.6. The van der Waals surface area contributed by atoms with Crippen LogP contribution in [0.25, 0.3) is 0 Å². The Morgan fingerprint density at radius 1 is 1.30 bits per heavy atom. The lowest BCUT2D eigenvalue weighted by molar-refractivity contribution is -0.139. The normalized spacial score (nSPS) is 23.2. The molecule has 114 valence electrons. The molecule has 4 rings (SSSR count). The van der Waals surface area contributed by atoms with E-state index in [1.165, 1.54) is 0 Å². The van der Waals surface area contributed by atoms with Crippen molar-refractivity contribution >= 4 is 5.97 Å². The quantitative estimate of drug-likeness (QED) is 0.939. The Hall–Kier alpha value is -3.00. The number of aliphatic carboxylic acids is 1. The van der Waals surface area contributed by atoms with E-state index in [2.05, 4.69) is 6.07 Å². The zero-order valence-electron chi connectivity index (χ0n) is 12.1. The maximum absolute atomic E-state index is 11.0. The topological polar surface area (TPSA) is 79.5 Å². The van der Waals surface area contributed by atoms with E-state index in [1.54, 1.807) is 18.2 Å². The lowest BCUT2D eigenvalue weighted by atomic mass is 10.1. The van der Waals surface area contributed by atoms with Crippen molar-refractivity contribution < 1.29 is 19.4 Å². The van der Waals surface area contributed by atoms with Gasteiger partial charge in [-0.15, -0.1) is 0 Å². The lowest BCUT2D eigenvalue weighted by Crippen LogP contribution is -2.08. The molecule has 0 saturated heterocycles. The van der Waals surface area contributed by atoms with Crippen LogP contribution < -0.4 is 9.47 Å². The van der Waals surface area contributed by atoms with Gasteiger partial charge in [0.25, 0.3) is 0 Å². The average Bonchev–Trinajstić information content (AvgIpc) is 3.16. The molecule has 1 saturated carbocycles. The second-order valence-electron chi connectivity index (χ2n) is 5.77. The molecule has 0 spiro atoms. The maximum atomic E-state index is 11.0. The van der Waals surface area contributed by atoms with E-state index in [4.69, 9.17) is 19.8 Å². The number of rotatable bonds is 4. The van der Waals surface area contributed by atoms with E-state index < -0.39 is 11.9 Å². The minimum atomic E-state index is -0.802. The number of benzene rings is 2. The Bertz CT molecular complexity index is 839. The minimum Gasteiger partial charge on any atom is -0.489 e. The van der Waals surface area contributed by atoms with E-state index in [-0.39, 0.29) is 12.0 Å². The third kappa shape index (κ3) is 2.29. The molecule has 3 atom stereocenters. The van der Waals surface area contributed by atoms with Gasteiger partial charge in [-0.3, -0.25) is 4.79 Å². The molecule has 1 heterocycles. The third-order valence-corrected chi connectivity index (χ3v) is 4.31. The molecule has 0 amide bonds. The van der Waals surface area contributed by atoms with Gasteiger partial charge in [0.05, 0.1) is 11.6 Å². The van der Waals surface area contributed by atoms with Crippen LogP contribution in [0.3, 0.4) is 0 Å². The number of carboxylic acid groups (broad SMARTS) is 1. The van der Waals surface area contributed by atoms with Crippen molar-refractivity contribution in [3.8, 4) is 17.6 Å². The highest BCUT2D eigenvalue weighted by Gasteiger charge is 2.63. The van der Waals surface area contributed by atoms with Crippen LogP contribution in [0.5, 0.6) is 11.5 Å². The van der Waals surface area contributed by atoms with E-state index in [0.717, 1.165) is 11.1 Å². The van der Waals surface area contributed by atoms with Crippen LogP contribution in [0.4, 0.5) is 0 Å². The summed E-state index contributed by atoms with van der Waals surface area (Å²) in [5.74, 6) is 0.135. The Kier molecular flexibility index (Phi) is 2.98. The molecule has 0 radical (unpaired) electrons. The van der Waals surface area contributed by atoms with Gasteiger partial charge in [0.2, 0.25) is 0 Å². The standard InChI is InChI=1S/C18H13NO4/c19-8-10-2-1-3-11(6-10)9-22-12-4-5-13-14(7-12)23-17-15(13)16(17)18(20)21/h1-7,15-17H,9H2,(H,20,21)/t15-,16-,17-/m1/s1. The van der Waals surface area contributed by atoms with Crippen molar-refractivity contribution in [2.45, 2.75) is 18.6 Å². The van der Waals surface area contributed by atoms with Crippen LogP contribution in [-0.2, 0) is 11.4 Å². The van der Waals surface area contributed by atoms with Crippen molar-refractivity contribution in [3.63, 3.8) is 0 Å². The molecule has 1 fully saturated rings. The summed E-state index contributed by atoms with van der Waals surface area (Å²) in [5.41, 5.74) is 2.46. The SMILES string of the molecule is N#Cc1cccc(COc2ccc3c(c2)O[C@H]2[C@H](C(=O)O)[C@@H]32)c1. The van der Waals surface area contributed by atoms with Crippen LogP contribution in [0, 0.1) is 17.2 Å². The van der Waals surface area contributed by atoms with Crippen molar-refractivity contribution in [3.05, 3.63) is 59.2 Å². The molecule has 5 nitrogen and oxygen atoms in total. The molecular formula is C18H13NO4. The first-order valence-corrected chi connectivity index (χ1v) is 7.32. The van der Waals surface area contributed by atoms with Crippen LogP contribution in [-0.4, -0.2) is 17.2 Å². The van der Waals surface area contributed by atoms with Crippen LogP contribution in [0.1, 0.15) is 22.6 Å². The van der Waals surface area contributed by atoms with E-state index >= 15 is 0 Å². The monoisotopic (exact) mass is 307 g/mol. The summed E-state index contributed by atoms with van der Waals surface area (Å²) in [5, 5.41) is 18.0. The third-order valence-electron chi connectivity index (χ3n) is 4.31. The van der Waals surface area contributed by atoms with Gasteiger partial charge in [0.15, 0.2) is 0 Å². The lowest BCUT2D eigenvalue weighted by Gasteiger charge is -2.10. The van der Waals surface area contributed by atoms with Gasteiger partial charge in [0.1, 0.15) is 30.1 Å². The Morgan fingerprint density at radius 2 is 2.17 bits per heavy atom. The summed E-state index contributed by atoms with van der Waals surface area (Å²) in [4.78, 5) is 11.0. The number of hydrogen-bond donors (Lipinski definition) is 1. The van der Waals surface area contributed by atoms with Crippen LogP contribution in [0.2, 0.25) is 0 Å². The summed E-state index contributed by atoms with van der Waals surface area (Å²) in [6.07, 6.45) is -0.231. The molecule has 1 aliphatic heterocycles. The smallest absolute Gasteiger partial charge is 0.311 e. The first-order chi connectivity index (χ1) is 11.2. The number of carboxylic acids is 1. The molecule has 5 heteroatoms. The molecule has 0 unspecified atom stereocenters. The molecule has 1 aliphatic carbocycles. The number of fused-ring (bicyclic) bond motifs is 3. The molecule has 2 aromatic carbocycles. The Labute approximate surface area is 132 Å². The van der Waals surface area contributed by atoms with Gasteiger partial charge in [-0.25, -0.2) is 0 Å². The van der Waals surface area contributed by atoms with Gasteiger partial charge in [-0.05, 0) is 23.8 Å². The number of carbonyl (C=O) groups is 1. The minimum absolute atomic E-state index is 0.0242. The summed E-state index contributed by atoms with van der Waals surface area (Å²) >= 11 is 0. The summed E-state index contributed by atoms with van der Waals surface area (Å²) in [6, 6.07) is 14.9. The molecule has 2 aliphatic rings. The first-order valence-electron chi connectivity index (χ1n) is 7.32.